The molecule has 3 rings (SSSR count). The Hall–Kier alpha value is -2.62. The smallest absolute Gasteiger partial charge is 0.272 e. The van der Waals surface area contributed by atoms with Gasteiger partial charge >= 0.3 is 0 Å². The van der Waals surface area contributed by atoms with Gasteiger partial charge in [0.2, 0.25) is 0 Å². The summed E-state index contributed by atoms with van der Waals surface area (Å²) in [6.07, 6.45) is 0.947. The zero-order valence-corrected chi connectivity index (χ0v) is 15.1. The van der Waals surface area contributed by atoms with Crippen LogP contribution < -0.4 is 5.32 Å². The van der Waals surface area contributed by atoms with Gasteiger partial charge in [0.15, 0.2) is 0 Å². The lowest BCUT2D eigenvalue weighted by atomic mass is 10.1. The van der Waals surface area contributed by atoms with Gasteiger partial charge in [0, 0.05) is 17.4 Å². The molecule has 3 nitrogen and oxygen atoms in total. The molecule has 0 bridgehead atoms. The number of fused-ring (bicyclic) bond motifs is 1. The van der Waals surface area contributed by atoms with E-state index in [2.05, 4.69) is 30.4 Å². The molecule has 0 atom stereocenters. The van der Waals surface area contributed by atoms with Crippen molar-refractivity contribution in [3.8, 4) is 0 Å². The Morgan fingerprint density at radius 1 is 1.12 bits per heavy atom. The van der Waals surface area contributed by atoms with Crippen molar-refractivity contribution < 1.29 is 9.18 Å². The average Bonchev–Trinajstić information content (AvgIpc) is 2.88. The third-order valence-electron chi connectivity index (χ3n) is 4.69. The zero-order chi connectivity index (χ0) is 18.1. The van der Waals surface area contributed by atoms with E-state index in [-0.39, 0.29) is 11.6 Å². The number of carbonyl (C=O) groups excluding carboxylic acids is 1. The van der Waals surface area contributed by atoms with Crippen molar-refractivity contribution in [2.75, 3.05) is 5.32 Å². The van der Waals surface area contributed by atoms with Gasteiger partial charge in [-0.1, -0.05) is 19.1 Å². The second kappa shape index (κ2) is 6.71. The molecule has 0 unspecified atom stereocenters. The van der Waals surface area contributed by atoms with Crippen LogP contribution in [0, 0.1) is 19.7 Å². The Kier molecular flexibility index (Phi) is 4.62. The number of hydrogen-bond donors (Lipinski definition) is 1. The normalized spacial score (nSPS) is 11.1. The first-order chi connectivity index (χ1) is 12.0. The lowest BCUT2D eigenvalue weighted by Crippen LogP contribution is -2.18. The van der Waals surface area contributed by atoms with Crippen LogP contribution in [0.3, 0.4) is 0 Å². The van der Waals surface area contributed by atoms with Gasteiger partial charge in [0.05, 0.1) is 5.69 Å². The molecule has 1 amide bonds. The minimum atomic E-state index is -0.418. The van der Waals surface area contributed by atoms with Gasteiger partial charge in [-0.2, -0.15) is 0 Å². The molecular weight excluding hydrogens is 315 g/mol. The quantitative estimate of drug-likeness (QED) is 0.694. The predicted octanol–water partition coefficient (Wildman–Crippen LogP) is 5.23. The van der Waals surface area contributed by atoms with Crippen LogP contribution in [-0.4, -0.2) is 10.5 Å². The number of aromatic nitrogens is 1. The van der Waals surface area contributed by atoms with Gasteiger partial charge in [0.1, 0.15) is 11.5 Å². The highest BCUT2D eigenvalue weighted by Crippen LogP contribution is 2.28. The van der Waals surface area contributed by atoms with E-state index in [1.54, 1.807) is 12.1 Å². The lowest BCUT2D eigenvalue weighted by molar-refractivity contribution is 0.101. The van der Waals surface area contributed by atoms with Crippen LogP contribution in [0.4, 0.5) is 10.1 Å². The Bertz CT molecular complexity index is 956. The number of carbonyl (C=O) groups is 1. The maximum atomic E-state index is 14.1. The molecule has 1 N–H and O–H groups in total. The molecule has 2 aromatic carbocycles. The van der Waals surface area contributed by atoms with E-state index in [4.69, 9.17) is 0 Å². The number of nitrogens with one attached hydrogen (secondary N) is 1. The summed E-state index contributed by atoms with van der Waals surface area (Å²) in [6, 6.07) is 11.1. The molecule has 130 valence electrons. The van der Waals surface area contributed by atoms with Gasteiger partial charge in [-0.05, 0) is 68.1 Å². The molecule has 0 aliphatic carbocycles. The molecule has 0 aliphatic rings. The average molecular weight is 338 g/mol. The van der Waals surface area contributed by atoms with Gasteiger partial charge in [-0.25, -0.2) is 4.39 Å². The molecule has 0 saturated carbocycles. The van der Waals surface area contributed by atoms with Crippen molar-refractivity contribution in [2.24, 2.45) is 0 Å². The first kappa shape index (κ1) is 17.2. The minimum Gasteiger partial charge on any atom is -0.337 e. The highest BCUT2D eigenvalue weighted by Gasteiger charge is 2.20. The second-order valence-corrected chi connectivity index (χ2v) is 6.36. The zero-order valence-electron chi connectivity index (χ0n) is 15.1. The van der Waals surface area contributed by atoms with E-state index in [1.807, 2.05) is 25.3 Å². The van der Waals surface area contributed by atoms with Gasteiger partial charge in [-0.15, -0.1) is 0 Å². The van der Waals surface area contributed by atoms with Gasteiger partial charge in [-0.3, -0.25) is 4.79 Å². The molecule has 1 aromatic heterocycles. The number of rotatable bonds is 4. The number of benzene rings is 2. The molecule has 0 radical (unpaired) electrons. The maximum Gasteiger partial charge on any atom is 0.272 e. The molecule has 0 aliphatic heterocycles. The Morgan fingerprint density at radius 2 is 1.88 bits per heavy atom. The molecule has 25 heavy (non-hydrogen) atoms. The number of nitrogens with zero attached hydrogens (tertiary/aromatic N) is 1. The van der Waals surface area contributed by atoms with Crippen LogP contribution in [-0.2, 0) is 13.0 Å². The van der Waals surface area contributed by atoms with Crippen LogP contribution in [0.5, 0.6) is 0 Å². The predicted molar refractivity (Wildman–Crippen MR) is 101 cm³/mol. The summed E-state index contributed by atoms with van der Waals surface area (Å²) in [7, 11) is 0. The third kappa shape index (κ3) is 3.04. The number of amides is 1. The van der Waals surface area contributed by atoms with Crippen LogP contribution >= 0.6 is 0 Å². The van der Waals surface area contributed by atoms with Gasteiger partial charge in [0.25, 0.3) is 5.91 Å². The molecule has 1 heterocycles. The number of halogens is 1. The number of hydrogen-bond acceptors (Lipinski definition) is 1. The van der Waals surface area contributed by atoms with E-state index in [1.165, 1.54) is 11.6 Å². The second-order valence-electron chi connectivity index (χ2n) is 6.36. The summed E-state index contributed by atoms with van der Waals surface area (Å²) < 4.78 is 16.1. The summed E-state index contributed by atoms with van der Waals surface area (Å²) in [6.45, 7) is 8.57. The van der Waals surface area contributed by atoms with Crippen molar-refractivity contribution >= 4 is 22.5 Å². The third-order valence-corrected chi connectivity index (χ3v) is 4.69. The van der Waals surface area contributed by atoms with Crippen molar-refractivity contribution in [1.29, 1.82) is 0 Å². The Morgan fingerprint density at radius 3 is 2.52 bits per heavy atom. The highest BCUT2D eigenvalue weighted by molar-refractivity contribution is 6.08. The first-order valence-corrected chi connectivity index (χ1v) is 8.65. The van der Waals surface area contributed by atoms with Crippen molar-refractivity contribution in [3.05, 3.63) is 64.6 Å². The van der Waals surface area contributed by atoms with E-state index in [0.29, 0.717) is 12.2 Å². The summed E-state index contributed by atoms with van der Waals surface area (Å²) in [4.78, 5) is 12.9. The molecule has 0 spiro atoms. The standard InChI is InChI=1S/C21H23FN2O/c1-5-15-8-10-19-16(12-15)14(4)20(24(19)6-2)21(25)23-18-9-7-13(3)11-17(18)22/h7-12H,5-6H2,1-4H3,(H,23,25). The van der Waals surface area contributed by atoms with Crippen molar-refractivity contribution in [1.82, 2.24) is 4.57 Å². The Balaban J connectivity index is 2.07. The van der Waals surface area contributed by atoms with Gasteiger partial charge < -0.3 is 9.88 Å². The van der Waals surface area contributed by atoms with E-state index >= 15 is 0 Å². The SMILES string of the molecule is CCc1ccc2c(c1)c(C)c(C(=O)Nc1ccc(C)cc1F)n2CC. The lowest BCUT2D eigenvalue weighted by Gasteiger charge is -2.11. The summed E-state index contributed by atoms with van der Waals surface area (Å²) in [5.41, 5.74) is 4.81. The Labute approximate surface area is 147 Å². The molecule has 0 saturated heterocycles. The maximum absolute atomic E-state index is 14.1. The fourth-order valence-corrected chi connectivity index (χ4v) is 3.31. The van der Waals surface area contributed by atoms with Crippen LogP contribution in [0.2, 0.25) is 0 Å². The van der Waals surface area contributed by atoms with Crippen molar-refractivity contribution in [3.63, 3.8) is 0 Å². The fourth-order valence-electron chi connectivity index (χ4n) is 3.31. The topological polar surface area (TPSA) is 34.0 Å². The van der Waals surface area contributed by atoms with Crippen LogP contribution in [0.15, 0.2) is 36.4 Å². The van der Waals surface area contributed by atoms with E-state index in [0.717, 1.165) is 28.5 Å². The number of anilines is 1. The monoisotopic (exact) mass is 338 g/mol. The summed E-state index contributed by atoms with van der Waals surface area (Å²) in [5.74, 6) is -0.699. The fraction of sp³-hybridized carbons (Fsp3) is 0.286. The molecule has 3 aromatic rings. The van der Waals surface area contributed by atoms with Crippen molar-refractivity contribution in [2.45, 2.75) is 40.7 Å². The molecular formula is C21H23FN2O. The number of aryl methyl sites for hydroxylation is 4. The van der Waals surface area contributed by atoms with E-state index in [9.17, 15) is 9.18 Å². The van der Waals surface area contributed by atoms with Crippen LogP contribution in [0.1, 0.15) is 41.0 Å². The molecule has 4 heteroatoms. The van der Waals surface area contributed by atoms with E-state index < -0.39 is 5.82 Å². The first-order valence-electron chi connectivity index (χ1n) is 8.65. The minimum absolute atomic E-state index is 0.206. The van der Waals surface area contributed by atoms with Crippen LogP contribution in [0.25, 0.3) is 10.9 Å². The highest BCUT2D eigenvalue weighted by atomic mass is 19.1. The summed E-state index contributed by atoms with van der Waals surface area (Å²) >= 11 is 0. The summed E-state index contributed by atoms with van der Waals surface area (Å²) in [5, 5.41) is 3.80. The molecule has 0 fully saturated rings. The largest absolute Gasteiger partial charge is 0.337 e.